The van der Waals surface area contributed by atoms with Crippen LogP contribution in [-0.4, -0.2) is 41.8 Å². The van der Waals surface area contributed by atoms with E-state index in [1.54, 1.807) is 0 Å². The van der Waals surface area contributed by atoms with E-state index in [0.717, 1.165) is 17.7 Å². The standard InChI is InChI=1S/C16H24FNO2/c1-10(2)18-5-6-20-14(9-18)16(19)15-12(4)7-11(3)8-13(15)17/h7-8,10,14,16,19H,5-6,9H2,1-4H3. The molecule has 0 bridgehead atoms. The van der Waals surface area contributed by atoms with Gasteiger partial charge in [0.15, 0.2) is 0 Å². The van der Waals surface area contributed by atoms with Crippen molar-refractivity contribution in [1.82, 2.24) is 4.90 Å². The Bertz CT molecular complexity index is 453. The summed E-state index contributed by atoms with van der Waals surface area (Å²) in [6, 6.07) is 3.76. The summed E-state index contributed by atoms with van der Waals surface area (Å²) < 4.78 is 19.8. The van der Waals surface area contributed by atoms with E-state index in [0.29, 0.717) is 24.8 Å². The molecule has 1 heterocycles. The Hall–Kier alpha value is -0.970. The van der Waals surface area contributed by atoms with Crippen LogP contribution in [0.1, 0.15) is 36.6 Å². The van der Waals surface area contributed by atoms with Gasteiger partial charge in [0.1, 0.15) is 18.0 Å². The van der Waals surface area contributed by atoms with Gasteiger partial charge in [-0.3, -0.25) is 4.90 Å². The lowest BCUT2D eigenvalue weighted by Gasteiger charge is -2.37. The highest BCUT2D eigenvalue weighted by atomic mass is 19.1. The van der Waals surface area contributed by atoms with E-state index in [1.807, 2.05) is 19.9 Å². The lowest BCUT2D eigenvalue weighted by molar-refractivity contribution is -0.0971. The van der Waals surface area contributed by atoms with Crippen LogP contribution in [-0.2, 0) is 4.74 Å². The monoisotopic (exact) mass is 281 g/mol. The Labute approximate surface area is 120 Å². The van der Waals surface area contributed by atoms with Gasteiger partial charge in [-0.05, 0) is 44.9 Å². The zero-order valence-electron chi connectivity index (χ0n) is 12.7. The van der Waals surface area contributed by atoms with Crippen molar-refractivity contribution < 1.29 is 14.2 Å². The Kier molecular flexibility index (Phi) is 4.78. The molecular formula is C16H24FNO2. The minimum Gasteiger partial charge on any atom is -0.386 e. The number of hydrogen-bond acceptors (Lipinski definition) is 3. The molecule has 1 N–H and O–H groups in total. The average molecular weight is 281 g/mol. The van der Waals surface area contributed by atoms with Gasteiger partial charge < -0.3 is 9.84 Å². The maximum absolute atomic E-state index is 14.1. The summed E-state index contributed by atoms with van der Waals surface area (Å²) >= 11 is 0. The molecule has 1 saturated heterocycles. The molecule has 1 aromatic carbocycles. The summed E-state index contributed by atoms with van der Waals surface area (Å²) in [5, 5.41) is 10.5. The van der Waals surface area contributed by atoms with Gasteiger partial charge in [-0.2, -0.15) is 0 Å². The smallest absolute Gasteiger partial charge is 0.129 e. The Morgan fingerprint density at radius 3 is 2.65 bits per heavy atom. The van der Waals surface area contributed by atoms with Gasteiger partial charge in [0, 0.05) is 24.7 Å². The van der Waals surface area contributed by atoms with Crippen LogP contribution in [0.15, 0.2) is 12.1 Å². The Morgan fingerprint density at radius 1 is 1.35 bits per heavy atom. The van der Waals surface area contributed by atoms with Crippen molar-refractivity contribution in [2.24, 2.45) is 0 Å². The van der Waals surface area contributed by atoms with E-state index < -0.39 is 6.10 Å². The Morgan fingerprint density at radius 2 is 2.05 bits per heavy atom. The third-order valence-electron chi connectivity index (χ3n) is 3.98. The first-order valence-electron chi connectivity index (χ1n) is 7.20. The number of benzene rings is 1. The van der Waals surface area contributed by atoms with Gasteiger partial charge in [0.25, 0.3) is 0 Å². The SMILES string of the molecule is Cc1cc(C)c(C(O)C2CN(C(C)C)CCO2)c(F)c1. The molecule has 4 heteroatoms. The molecule has 0 aromatic heterocycles. The highest BCUT2D eigenvalue weighted by Gasteiger charge is 2.31. The number of hydrogen-bond donors (Lipinski definition) is 1. The fraction of sp³-hybridized carbons (Fsp3) is 0.625. The van der Waals surface area contributed by atoms with E-state index in [2.05, 4.69) is 18.7 Å². The van der Waals surface area contributed by atoms with Crippen LogP contribution in [0.25, 0.3) is 0 Å². The first kappa shape index (κ1) is 15.4. The maximum atomic E-state index is 14.1. The van der Waals surface area contributed by atoms with Crippen LogP contribution in [0, 0.1) is 19.7 Å². The van der Waals surface area contributed by atoms with Gasteiger partial charge >= 0.3 is 0 Å². The molecule has 0 saturated carbocycles. The first-order valence-corrected chi connectivity index (χ1v) is 7.20. The molecular weight excluding hydrogens is 257 g/mol. The minimum atomic E-state index is -0.919. The van der Waals surface area contributed by atoms with Crippen LogP contribution in [0.3, 0.4) is 0 Å². The van der Waals surface area contributed by atoms with Gasteiger partial charge in [0.05, 0.1) is 6.61 Å². The second-order valence-electron chi connectivity index (χ2n) is 5.92. The summed E-state index contributed by atoms with van der Waals surface area (Å²) in [7, 11) is 0. The third-order valence-corrected chi connectivity index (χ3v) is 3.98. The third kappa shape index (κ3) is 3.19. The zero-order valence-corrected chi connectivity index (χ0v) is 12.7. The van der Waals surface area contributed by atoms with Crippen molar-refractivity contribution in [3.8, 4) is 0 Å². The second-order valence-corrected chi connectivity index (χ2v) is 5.92. The molecule has 20 heavy (non-hydrogen) atoms. The molecule has 2 rings (SSSR count). The molecule has 1 aromatic rings. The maximum Gasteiger partial charge on any atom is 0.129 e. The van der Waals surface area contributed by atoms with Crippen molar-refractivity contribution in [3.05, 3.63) is 34.6 Å². The summed E-state index contributed by atoms with van der Waals surface area (Å²) in [5.41, 5.74) is 2.01. The fourth-order valence-corrected chi connectivity index (χ4v) is 2.84. The lowest BCUT2D eigenvalue weighted by Crippen LogP contribution is -2.48. The van der Waals surface area contributed by atoms with E-state index >= 15 is 0 Å². The molecule has 0 amide bonds. The summed E-state index contributed by atoms with van der Waals surface area (Å²) in [6.07, 6.45) is -1.29. The van der Waals surface area contributed by atoms with Gasteiger partial charge in [-0.1, -0.05) is 6.07 Å². The first-order chi connectivity index (χ1) is 9.40. The number of aliphatic hydroxyl groups excluding tert-OH is 1. The van der Waals surface area contributed by atoms with E-state index in [4.69, 9.17) is 4.74 Å². The van der Waals surface area contributed by atoms with Gasteiger partial charge in [-0.15, -0.1) is 0 Å². The number of aliphatic hydroxyl groups is 1. The van der Waals surface area contributed by atoms with Crippen LogP contribution in [0.5, 0.6) is 0 Å². The van der Waals surface area contributed by atoms with Crippen molar-refractivity contribution in [2.45, 2.75) is 45.9 Å². The fourth-order valence-electron chi connectivity index (χ4n) is 2.84. The number of halogens is 1. The molecule has 2 atom stereocenters. The molecule has 1 fully saturated rings. The number of ether oxygens (including phenoxy) is 1. The molecule has 0 radical (unpaired) electrons. The van der Waals surface area contributed by atoms with Crippen LogP contribution >= 0.6 is 0 Å². The summed E-state index contributed by atoms with van der Waals surface area (Å²) in [4.78, 5) is 2.25. The molecule has 0 aliphatic carbocycles. The van der Waals surface area contributed by atoms with Gasteiger partial charge in [0.2, 0.25) is 0 Å². The average Bonchev–Trinajstić information content (AvgIpc) is 2.37. The quantitative estimate of drug-likeness (QED) is 0.924. The topological polar surface area (TPSA) is 32.7 Å². The lowest BCUT2D eigenvalue weighted by atomic mass is 9.96. The highest BCUT2D eigenvalue weighted by Crippen LogP contribution is 2.28. The number of nitrogens with zero attached hydrogens (tertiary/aromatic N) is 1. The summed E-state index contributed by atoms with van der Waals surface area (Å²) in [5.74, 6) is -0.347. The molecule has 112 valence electrons. The minimum absolute atomic E-state index is 0.347. The van der Waals surface area contributed by atoms with Crippen LogP contribution < -0.4 is 0 Å². The zero-order chi connectivity index (χ0) is 14.9. The highest BCUT2D eigenvalue weighted by molar-refractivity contribution is 5.34. The summed E-state index contributed by atoms with van der Waals surface area (Å²) in [6.45, 7) is 9.98. The van der Waals surface area contributed by atoms with Crippen molar-refractivity contribution in [2.75, 3.05) is 19.7 Å². The van der Waals surface area contributed by atoms with Crippen molar-refractivity contribution >= 4 is 0 Å². The van der Waals surface area contributed by atoms with Crippen molar-refractivity contribution in [1.29, 1.82) is 0 Å². The molecule has 1 aliphatic rings. The number of aryl methyl sites for hydroxylation is 2. The molecule has 0 spiro atoms. The molecule has 2 unspecified atom stereocenters. The van der Waals surface area contributed by atoms with Crippen LogP contribution in [0.2, 0.25) is 0 Å². The predicted molar refractivity (Wildman–Crippen MR) is 77.3 cm³/mol. The van der Waals surface area contributed by atoms with E-state index in [1.165, 1.54) is 6.07 Å². The number of rotatable bonds is 3. The van der Waals surface area contributed by atoms with E-state index in [-0.39, 0.29) is 11.9 Å². The van der Waals surface area contributed by atoms with Crippen molar-refractivity contribution in [3.63, 3.8) is 0 Å². The largest absolute Gasteiger partial charge is 0.386 e. The number of morpholine rings is 1. The van der Waals surface area contributed by atoms with Crippen LogP contribution in [0.4, 0.5) is 4.39 Å². The van der Waals surface area contributed by atoms with Gasteiger partial charge in [-0.25, -0.2) is 4.39 Å². The Balaban J connectivity index is 2.21. The molecule has 3 nitrogen and oxygen atoms in total. The normalized spacial score (nSPS) is 22.2. The van der Waals surface area contributed by atoms with E-state index in [9.17, 15) is 9.50 Å². The second kappa shape index (κ2) is 6.20. The molecule has 1 aliphatic heterocycles. The predicted octanol–water partition coefficient (Wildman–Crippen LogP) is 2.59.